The quantitative estimate of drug-likeness (QED) is 0.179. The van der Waals surface area contributed by atoms with Crippen molar-refractivity contribution in [2.45, 2.75) is 37.4 Å². The van der Waals surface area contributed by atoms with Crippen LogP contribution in [0.15, 0.2) is 146 Å². The van der Waals surface area contributed by atoms with Gasteiger partial charge < -0.3 is 8.85 Å². The molecule has 0 amide bonds. The molecular weight excluding hydrogens is 497 g/mol. The van der Waals surface area contributed by atoms with E-state index < -0.39 is 27.8 Å². The highest BCUT2D eigenvalue weighted by molar-refractivity contribution is 6.76. The topological polar surface area (TPSA) is 18.5 Å². The maximum atomic E-state index is 7.60. The number of hydrogen-bond donors (Lipinski definition) is 0. The highest BCUT2D eigenvalue weighted by Gasteiger charge is 2.61. The van der Waals surface area contributed by atoms with Crippen LogP contribution in [-0.2, 0) is 20.1 Å². The van der Waals surface area contributed by atoms with Crippen LogP contribution in [0.5, 0.6) is 0 Å². The fourth-order valence-electron chi connectivity index (χ4n) is 5.09. The lowest BCUT2D eigenvalue weighted by atomic mass is 9.66. The van der Waals surface area contributed by atoms with Crippen LogP contribution in [0, 0.1) is 0 Å². The Labute approximate surface area is 230 Å². The number of benzene rings is 4. The Morgan fingerprint density at radius 1 is 0.447 bits per heavy atom. The van der Waals surface area contributed by atoms with Gasteiger partial charge in [-0.1, -0.05) is 133 Å². The monoisotopic (exact) mass is 534 g/mol. The van der Waals surface area contributed by atoms with Crippen molar-refractivity contribution >= 4 is 16.6 Å². The number of rotatable bonds is 11. The summed E-state index contributed by atoms with van der Waals surface area (Å²) in [6, 6.07) is 42.1. The molecule has 4 aromatic rings. The summed E-state index contributed by atoms with van der Waals surface area (Å²) in [7, 11) is -4.93. The molecule has 0 aromatic heterocycles. The minimum absolute atomic E-state index is 1.02. The summed E-state index contributed by atoms with van der Waals surface area (Å²) in [5.41, 5.74) is 6.01. The molecule has 0 atom stereocenters. The molecule has 4 rings (SSSR count). The molecule has 38 heavy (non-hydrogen) atoms. The zero-order chi connectivity index (χ0) is 27.3. The Bertz CT molecular complexity index is 1150. The van der Waals surface area contributed by atoms with E-state index in [-0.39, 0.29) is 0 Å². The van der Waals surface area contributed by atoms with Crippen molar-refractivity contribution in [3.63, 3.8) is 0 Å². The predicted octanol–water partition coefficient (Wildman–Crippen LogP) is 8.77. The summed E-state index contributed by atoms with van der Waals surface area (Å²) >= 11 is 0. The molecule has 0 unspecified atom stereocenters. The molecule has 2 nitrogen and oxygen atoms in total. The van der Waals surface area contributed by atoms with Gasteiger partial charge in [0.15, 0.2) is 0 Å². The van der Waals surface area contributed by atoms with Gasteiger partial charge in [0, 0.05) is 0 Å². The van der Waals surface area contributed by atoms with Gasteiger partial charge in [0.2, 0.25) is 16.6 Å². The molecule has 4 aromatic carbocycles. The van der Waals surface area contributed by atoms with E-state index >= 15 is 0 Å². The zero-order valence-electron chi connectivity index (χ0n) is 22.9. The van der Waals surface area contributed by atoms with Crippen LogP contribution >= 0.6 is 0 Å². The summed E-state index contributed by atoms with van der Waals surface area (Å²) < 4.78 is 15.2. The Kier molecular flexibility index (Phi) is 8.19. The molecule has 0 N–H and O–H groups in total. The van der Waals surface area contributed by atoms with Gasteiger partial charge in [-0.05, 0) is 48.4 Å². The molecule has 194 valence electrons. The maximum absolute atomic E-state index is 7.60. The van der Waals surface area contributed by atoms with E-state index in [1.807, 2.05) is 35.7 Å². The Hall–Kier alpha value is -3.29. The summed E-state index contributed by atoms with van der Waals surface area (Å²) in [4.78, 5) is 0. The van der Waals surface area contributed by atoms with E-state index in [9.17, 15) is 0 Å². The van der Waals surface area contributed by atoms with Gasteiger partial charge in [0.25, 0.3) is 0 Å². The van der Waals surface area contributed by atoms with E-state index in [4.69, 9.17) is 8.85 Å². The first-order valence-corrected chi connectivity index (χ1v) is 19.1. The third-order valence-corrected chi connectivity index (χ3v) is 10.7. The molecule has 4 heteroatoms. The summed E-state index contributed by atoms with van der Waals surface area (Å²) in [5, 5.41) is 0. The molecular formula is C34H38O2Si2. The van der Waals surface area contributed by atoms with E-state index in [0.717, 1.165) is 22.3 Å². The smallest absolute Gasteiger partial charge is 0.212 e. The second-order valence-corrected chi connectivity index (χ2v) is 18.3. The van der Waals surface area contributed by atoms with Crippen molar-refractivity contribution in [1.29, 1.82) is 0 Å². The van der Waals surface area contributed by atoms with Gasteiger partial charge in [0.1, 0.15) is 11.2 Å². The van der Waals surface area contributed by atoms with Gasteiger partial charge in [-0.3, -0.25) is 0 Å². The Balaban J connectivity index is 2.31. The summed E-state index contributed by atoms with van der Waals surface area (Å²) in [6.07, 6.45) is 0. The van der Waals surface area contributed by atoms with E-state index in [1.165, 1.54) is 0 Å². The molecule has 0 aliphatic carbocycles. The van der Waals surface area contributed by atoms with Crippen molar-refractivity contribution < 1.29 is 8.85 Å². The van der Waals surface area contributed by atoms with Crippen molar-refractivity contribution in [3.8, 4) is 0 Å². The molecule has 0 saturated carbocycles. The van der Waals surface area contributed by atoms with E-state index in [0.29, 0.717) is 0 Å². The van der Waals surface area contributed by atoms with Crippen molar-refractivity contribution in [3.05, 3.63) is 168 Å². The lowest BCUT2D eigenvalue weighted by Crippen LogP contribution is -2.61. The first-order chi connectivity index (χ1) is 18.2. The van der Waals surface area contributed by atoms with Crippen LogP contribution in [0.1, 0.15) is 22.3 Å². The molecule has 0 aliphatic rings. The maximum Gasteiger partial charge on any atom is 0.212 e. The Morgan fingerprint density at radius 3 is 0.842 bits per heavy atom. The zero-order valence-corrected chi connectivity index (χ0v) is 24.9. The van der Waals surface area contributed by atoms with Crippen molar-refractivity contribution in [2.75, 3.05) is 0 Å². The normalized spacial score (nSPS) is 12.6. The summed E-state index contributed by atoms with van der Waals surface area (Å²) in [6.45, 7) is 17.2. The van der Waals surface area contributed by atoms with Crippen LogP contribution in [0.3, 0.4) is 0 Å². The van der Waals surface area contributed by atoms with E-state index in [1.54, 1.807) is 0 Å². The predicted molar refractivity (Wildman–Crippen MR) is 165 cm³/mol. The molecule has 0 aliphatic heterocycles. The van der Waals surface area contributed by atoms with Gasteiger partial charge in [-0.2, -0.15) is 0 Å². The standard InChI is InChI=1S/C34H38O2Si2/c1-7-37(3,4)35-33(29-21-13-9-14-22-29,30-23-15-10-16-24-30)34(36-38(5,6)8-2,31-25-17-11-18-26-31)32-27-19-12-20-28-32/h7-28H,1-2H2,3-6H3. The average molecular weight is 535 g/mol. The van der Waals surface area contributed by atoms with Crippen LogP contribution in [-0.4, -0.2) is 16.6 Å². The fraction of sp³-hybridized carbons (Fsp3) is 0.176. The first-order valence-electron chi connectivity index (χ1n) is 13.1. The highest BCUT2D eigenvalue weighted by Crippen LogP contribution is 2.56. The minimum Gasteiger partial charge on any atom is -0.397 e. The van der Waals surface area contributed by atoms with Crippen molar-refractivity contribution in [2.24, 2.45) is 0 Å². The molecule has 0 heterocycles. The molecule has 0 saturated heterocycles. The van der Waals surface area contributed by atoms with Gasteiger partial charge in [-0.25, -0.2) is 0 Å². The van der Waals surface area contributed by atoms with Crippen molar-refractivity contribution in [1.82, 2.24) is 0 Å². The van der Waals surface area contributed by atoms with E-state index in [2.05, 4.69) is 136 Å². The Morgan fingerprint density at radius 2 is 0.658 bits per heavy atom. The van der Waals surface area contributed by atoms with Gasteiger partial charge in [0.05, 0.1) is 0 Å². The average Bonchev–Trinajstić information content (AvgIpc) is 2.96. The first kappa shape index (κ1) is 27.7. The highest BCUT2D eigenvalue weighted by atomic mass is 28.4. The van der Waals surface area contributed by atoms with Crippen LogP contribution < -0.4 is 0 Å². The van der Waals surface area contributed by atoms with Crippen LogP contribution in [0.4, 0.5) is 0 Å². The molecule has 0 bridgehead atoms. The minimum atomic E-state index is -2.47. The lowest BCUT2D eigenvalue weighted by Gasteiger charge is -2.55. The molecule has 0 spiro atoms. The van der Waals surface area contributed by atoms with Gasteiger partial charge >= 0.3 is 0 Å². The lowest BCUT2D eigenvalue weighted by molar-refractivity contribution is -0.0866. The SMILES string of the molecule is C=C[Si](C)(C)OC(c1ccccc1)(c1ccccc1)C(O[Si](C)(C)C=C)(c1ccccc1)c1ccccc1. The van der Waals surface area contributed by atoms with Crippen LogP contribution in [0.2, 0.25) is 26.2 Å². The second kappa shape index (κ2) is 11.2. The third kappa shape index (κ3) is 5.18. The summed E-state index contributed by atoms with van der Waals surface area (Å²) in [5.74, 6) is 0. The fourth-order valence-corrected chi connectivity index (χ4v) is 7.59. The third-order valence-electron chi connectivity index (χ3n) is 7.03. The van der Waals surface area contributed by atoms with Gasteiger partial charge in [-0.15, -0.1) is 13.2 Å². The largest absolute Gasteiger partial charge is 0.397 e. The molecule has 0 fully saturated rings. The second-order valence-electron chi connectivity index (χ2n) is 10.6. The molecule has 0 radical (unpaired) electrons. The number of hydrogen-bond acceptors (Lipinski definition) is 2. The van der Waals surface area contributed by atoms with Crippen LogP contribution in [0.25, 0.3) is 0 Å².